The molecule has 0 aliphatic carbocycles. The van der Waals surface area contributed by atoms with E-state index >= 15 is 0 Å². The fourth-order valence-corrected chi connectivity index (χ4v) is 3.23. The molecule has 0 aliphatic rings. The molecule has 0 unspecified atom stereocenters. The number of hydrogen-bond donors (Lipinski definition) is 0. The Bertz CT molecular complexity index is 653. The van der Waals surface area contributed by atoms with Crippen molar-refractivity contribution in [1.29, 1.82) is 0 Å². The molecule has 0 spiro atoms. The summed E-state index contributed by atoms with van der Waals surface area (Å²) in [6, 6.07) is 9.20. The van der Waals surface area contributed by atoms with Gasteiger partial charge in [-0.3, -0.25) is 0 Å². The smallest absolute Gasteiger partial charge is 0.206 e. The standard InChI is InChI=1S/C12H10BrNO3S/c1-17-9-2-4-10(5-3-9)18(15,16)11-6-7-14-12(13)8-11/h2-8H,1H3. The van der Waals surface area contributed by atoms with Gasteiger partial charge >= 0.3 is 0 Å². The molecule has 2 aromatic rings. The first-order chi connectivity index (χ1) is 8.54. The van der Waals surface area contributed by atoms with Gasteiger partial charge in [0, 0.05) is 6.20 Å². The van der Waals surface area contributed by atoms with Crippen LogP contribution in [0.1, 0.15) is 0 Å². The second-order valence-corrected chi connectivity index (χ2v) is 6.26. The molecule has 0 bridgehead atoms. The Morgan fingerprint density at radius 2 is 1.78 bits per heavy atom. The van der Waals surface area contributed by atoms with Crippen molar-refractivity contribution in [1.82, 2.24) is 4.98 Å². The minimum atomic E-state index is -3.51. The van der Waals surface area contributed by atoms with Crippen LogP contribution >= 0.6 is 15.9 Å². The van der Waals surface area contributed by atoms with E-state index in [0.717, 1.165) is 0 Å². The summed E-state index contributed by atoms with van der Waals surface area (Å²) in [4.78, 5) is 4.33. The van der Waals surface area contributed by atoms with E-state index in [2.05, 4.69) is 20.9 Å². The van der Waals surface area contributed by atoms with Gasteiger partial charge in [-0.15, -0.1) is 0 Å². The maximum atomic E-state index is 12.3. The molecule has 0 N–H and O–H groups in total. The second-order valence-electron chi connectivity index (χ2n) is 3.49. The van der Waals surface area contributed by atoms with Crippen LogP contribution in [0, 0.1) is 0 Å². The zero-order valence-corrected chi connectivity index (χ0v) is 11.9. The molecule has 0 saturated carbocycles. The molecule has 1 aromatic heterocycles. The van der Waals surface area contributed by atoms with Crippen molar-refractivity contribution >= 4 is 25.8 Å². The Labute approximate surface area is 114 Å². The Morgan fingerprint density at radius 3 is 2.33 bits per heavy atom. The molecule has 2 rings (SSSR count). The van der Waals surface area contributed by atoms with Gasteiger partial charge in [0.25, 0.3) is 0 Å². The minimum Gasteiger partial charge on any atom is -0.497 e. The molecule has 0 atom stereocenters. The van der Waals surface area contributed by atoms with Crippen molar-refractivity contribution < 1.29 is 13.2 Å². The molecular weight excluding hydrogens is 318 g/mol. The molecule has 0 aliphatic heterocycles. The molecular formula is C12H10BrNO3S. The van der Waals surface area contributed by atoms with Crippen LogP contribution in [0.5, 0.6) is 5.75 Å². The highest BCUT2D eigenvalue weighted by molar-refractivity contribution is 9.10. The van der Waals surface area contributed by atoms with Crippen LogP contribution in [0.2, 0.25) is 0 Å². The van der Waals surface area contributed by atoms with Crippen molar-refractivity contribution in [2.24, 2.45) is 0 Å². The quantitative estimate of drug-likeness (QED) is 0.813. The van der Waals surface area contributed by atoms with Crippen molar-refractivity contribution in [2.45, 2.75) is 9.79 Å². The van der Waals surface area contributed by atoms with Gasteiger partial charge in [-0.2, -0.15) is 0 Å². The highest BCUT2D eigenvalue weighted by atomic mass is 79.9. The first-order valence-corrected chi connectivity index (χ1v) is 7.32. The topological polar surface area (TPSA) is 56.3 Å². The largest absolute Gasteiger partial charge is 0.497 e. The summed E-state index contributed by atoms with van der Waals surface area (Å²) >= 11 is 3.15. The lowest BCUT2D eigenvalue weighted by atomic mass is 10.3. The summed E-state index contributed by atoms with van der Waals surface area (Å²) < 4.78 is 30.1. The lowest BCUT2D eigenvalue weighted by Gasteiger charge is -2.05. The third kappa shape index (κ3) is 2.54. The first kappa shape index (κ1) is 13.0. The van der Waals surface area contributed by atoms with Crippen LogP contribution in [0.4, 0.5) is 0 Å². The number of sulfone groups is 1. The molecule has 0 saturated heterocycles. The van der Waals surface area contributed by atoms with Gasteiger partial charge in [0.05, 0.1) is 16.9 Å². The van der Waals surface area contributed by atoms with E-state index in [0.29, 0.717) is 10.4 Å². The van der Waals surface area contributed by atoms with E-state index < -0.39 is 9.84 Å². The first-order valence-electron chi connectivity index (χ1n) is 5.05. The van der Waals surface area contributed by atoms with Gasteiger partial charge in [-0.1, -0.05) is 0 Å². The molecule has 6 heteroatoms. The van der Waals surface area contributed by atoms with E-state index in [4.69, 9.17) is 4.74 Å². The van der Waals surface area contributed by atoms with Crippen LogP contribution in [-0.4, -0.2) is 20.5 Å². The van der Waals surface area contributed by atoms with Crippen LogP contribution in [0.25, 0.3) is 0 Å². The van der Waals surface area contributed by atoms with Gasteiger partial charge < -0.3 is 4.74 Å². The second kappa shape index (κ2) is 5.07. The zero-order chi connectivity index (χ0) is 13.2. The molecule has 0 radical (unpaired) electrons. The Morgan fingerprint density at radius 1 is 1.11 bits per heavy atom. The lowest BCUT2D eigenvalue weighted by Crippen LogP contribution is -2.02. The monoisotopic (exact) mass is 327 g/mol. The van der Waals surface area contributed by atoms with Gasteiger partial charge in [0.15, 0.2) is 0 Å². The molecule has 0 amide bonds. The maximum Gasteiger partial charge on any atom is 0.206 e. The Balaban J connectivity index is 2.47. The van der Waals surface area contributed by atoms with Crippen LogP contribution < -0.4 is 4.74 Å². The van der Waals surface area contributed by atoms with Crippen molar-refractivity contribution in [3.05, 3.63) is 47.2 Å². The lowest BCUT2D eigenvalue weighted by molar-refractivity contribution is 0.414. The van der Waals surface area contributed by atoms with Crippen molar-refractivity contribution in [3.8, 4) is 5.75 Å². The number of hydrogen-bond acceptors (Lipinski definition) is 4. The summed E-state index contributed by atoms with van der Waals surface area (Å²) in [5, 5.41) is 0. The summed E-state index contributed by atoms with van der Waals surface area (Å²) in [5.41, 5.74) is 0. The number of pyridine rings is 1. The molecule has 0 fully saturated rings. The van der Waals surface area contributed by atoms with E-state index in [1.54, 1.807) is 12.1 Å². The number of halogens is 1. The average molecular weight is 328 g/mol. The summed E-state index contributed by atoms with van der Waals surface area (Å²) in [6.45, 7) is 0. The number of nitrogens with zero attached hydrogens (tertiary/aromatic N) is 1. The van der Waals surface area contributed by atoms with Crippen molar-refractivity contribution in [2.75, 3.05) is 7.11 Å². The molecule has 4 nitrogen and oxygen atoms in total. The normalized spacial score (nSPS) is 11.2. The van der Waals surface area contributed by atoms with Gasteiger partial charge in [0.1, 0.15) is 10.4 Å². The maximum absolute atomic E-state index is 12.3. The number of ether oxygens (including phenoxy) is 1. The summed E-state index contributed by atoms with van der Waals surface area (Å²) in [7, 11) is -1.98. The average Bonchev–Trinajstić information content (AvgIpc) is 2.39. The number of benzene rings is 1. The Hall–Kier alpha value is -1.40. The third-order valence-electron chi connectivity index (χ3n) is 2.38. The van der Waals surface area contributed by atoms with Crippen molar-refractivity contribution in [3.63, 3.8) is 0 Å². The van der Waals surface area contributed by atoms with E-state index in [9.17, 15) is 8.42 Å². The highest BCUT2D eigenvalue weighted by Crippen LogP contribution is 2.24. The van der Waals surface area contributed by atoms with Crippen LogP contribution in [0.15, 0.2) is 57.0 Å². The predicted molar refractivity (Wildman–Crippen MR) is 70.4 cm³/mol. The number of methoxy groups -OCH3 is 1. The van der Waals surface area contributed by atoms with Crippen LogP contribution in [-0.2, 0) is 9.84 Å². The minimum absolute atomic E-state index is 0.203. The summed E-state index contributed by atoms with van der Waals surface area (Å²) in [5.74, 6) is 0.616. The Kier molecular flexibility index (Phi) is 3.68. The fraction of sp³-hybridized carbons (Fsp3) is 0.0833. The highest BCUT2D eigenvalue weighted by Gasteiger charge is 2.17. The molecule has 1 heterocycles. The van der Waals surface area contributed by atoms with Gasteiger partial charge in [-0.05, 0) is 52.3 Å². The van der Waals surface area contributed by atoms with Gasteiger partial charge in [-0.25, -0.2) is 13.4 Å². The third-order valence-corrected chi connectivity index (χ3v) is 4.58. The zero-order valence-electron chi connectivity index (χ0n) is 9.50. The molecule has 1 aromatic carbocycles. The summed E-state index contributed by atoms with van der Waals surface area (Å²) in [6.07, 6.45) is 1.44. The number of rotatable bonds is 3. The SMILES string of the molecule is COc1ccc(S(=O)(=O)c2ccnc(Br)c2)cc1. The van der Waals surface area contributed by atoms with Crippen LogP contribution in [0.3, 0.4) is 0 Å². The fourth-order valence-electron chi connectivity index (χ4n) is 1.44. The number of aromatic nitrogens is 1. The van der Waals surface area contributed by atoms with E-state index in [-0.39, 0.29) is 9.79 Å². The van der Waals surface area contributed by atoms with Gasteiger partial charge in [0.2, 0.25) is 9.84 Å². The molecule has 18 heavy (non-hydrogen) atoms. The predicted octanol–water partition coefficient (Wildman–Crippen LogP) is 2.69. The van der Waals surface area contributed by atoms with E-state index in [1.807, 2.05) is 0 Å². The van der Waals surface area contributed by atoms with E-state index in [1.165, 1.54) is 37.6 Å². The molecule has 94 valence electrons.